The Kier molecular flexibility index (Phi) is 4.11. The van der Waals surface area contributed by atoms with Crippen molar-refractivity contribution >= 4 is 23.4 Å². The van der Waals surface area contributed by atoms with Crippen molar-refractivity contribution in [2.24, 2.45) is 5.92 Å². The van der Waals surface area contributed by atoms with Crippen LogP contribution in [0.4, 0.5) is 5.69 Å². The first-order chi connectivity index (χ1) is 8.18. The molecule has 1 aliphatic heterocycles. The lowest BCUT2D eigenvalue weighted by Crippen LogP contribution is -2.26. The number of hydrogen-bond donors (Lipinski definition) is 1. The predicted octanol–water partition coefficient (Wildman–Crippen LogP) is 3.39. The minimum absolute atomic E-state index is 0.194. The van der Waals surface area contributed by atoms with Gasteiger partial charge >= 0.3 is 0 Å². The van der Waals surface area contributed by atoms with Gasteiger partial charge in [-0.1, -0.05) is 12.1 Å². The van der Waals surface area contributed by atoms with Gasteiger partial charge in [0.1, 0.15) is 0 Å². The molecular weight excluding hydrogens is 230 g/mol. The molecular formula is C14H19NOS. The molecule has 0 radical (unpaired) electrons. The van der Waals surface area contributed by atoms with Crippen LogP contribution >= 0.6 is 11.8 Å². The molecule has 0 spiro atoms. The number of anilines is 1. The smallest absolute Gasteiger partial charge is 0.227 e. The van der Waals surface area contributed by atoms with Gasteiger partial charge in [0.05, 0.1) is 0 Å². The third-order valence-corrected chi connectivity index (χ3v) is 4.50. The molecule has 92 valence electrons. The Morgan fingerprint density at radius 1 is 1.29 bits per heavy atom. The number of hydrogen-bond acceptors (Lipinski definition) is 2. The number of carbonyl (C=O) groups excluding carboxylic acids is 1. The largest absolute Gasteiger partial charge is 0.326 e. The van der Waals surface area contributed by atoms with Gasteiger partial charge in [-0.2, -0.15) is 11.8 Å². The van der Waals surface area contributed by atoms with E-state index in [1.807, 2.05) is 23.9 Å². The van der Waals surface area contributed by atoms with Gasteiger partial charge < -0.3 is 5.32 Å². The fourth-order valence-corrected chi connectivity index (χ4v) is 3.19. The molecule has 0 aromatic heterocycles. The zero-order valence-electron chi connectivity index (χ0n) is 10.5. The van der Waals surface area contributed by atoms with Crippen LogP contribution in [-0.2, 0) is 4.79 Å². The van der Waals surface area contributed by atoms with Crippen molar-refractivity contribution in [3.05, 3.63) is 29.3 Å². The third-order valence-electron chi connectivity index (χ3n) is 3.45. The molecule has 17 heavy (non-hydrogen) atoms. The molecule has 1 fully saturated rings. The minimum atomic E-state index is 0.194. The Bertz CT molecular complexity index is 411. The molecule has 1 aromatic rings. The summed E-state index contributed by atoms with van der Waals surface area (Å²) in [6.07, 6.45) is 2.03. The lowest BCUT2D eigenvalue weighted by molar-refractivity contribution is -0.120. The van der Waals surface area contributed by atoms with Crippen molar-refractivity contribution in [1.82, 2.24) is 0 Å². The van der Waals surface area contributed by atoms with Crippen molar-refractivity contribution in [3.63, 3.8) is 0 Å². The monoisotopic (exact) mass is 249 g/mol. The number of rotatable bonds is 2. The lowest BCUT2D eigenvalue weighted by Gasteiger charge is -2.21. The molecule has 0 unspecified atom stereocenters. The number of aryl methyl sites for hydroxylation is 1. The molecule has 1 amide bonds. The van der Waals surface area contributed by atoms with Crippen molar-refractivity contribution in [2.75, 3.05) is 16.8 Å². The molecule has 0 atom stereocenters. The highest BCUT2D eigenvalue weighted by molar-refractivity contribution is 7.99. The maximum absolute atomic E-state index is 12.1. The lowest BCUT2D eigenvalue weighted by atomic mass is 10.0. The van der Waals surface area contributed by atoms with Crippen molar-refractivity contribution in [3.8, 4) is 0 Å². The predicted molar refractivity (Wildman–Crippen MR) is 74.6 cm³/mol. The second kappa shape index (κ2) is 5.58. The summed E-state index contributed by atoms with van der Waals surface area (Å²) in [6, 6.07) is 6.05. The molecule has 1 aromatic carbocycles. The summed E-state index contributed by atoms with van der Waals surface area (Å²) >= 11 is 1.95. The molecule has 0 aliphatic carbocycles. The van der Waals surface area contributed by atoms with Crippen LogP contribution in [0.25, 0.3) is 0 Å². The minimum Gasteiger partial charge on any atom is -0.326 e. The SMILES string of the molecule is Cc1cccc(NC(=O)C2CCSCC2)c1C. The quantitative estimate of drug-likeness (QED) is 0.870. The topological polar surface area (TPSA) is 29.1 Å². The average Bonchev–Trinajstić information content (AvgIpc) is 2.36. The molecule has 1 aliphatic rings. The fraction of sp³-hybridized carbons (Fsp3) is 0.500. The summed E-state index contributed by atoms with van der Waals surface area (Å²) in [4.78, 5) is 12.1. The van der Waals surface area contributed by atoms with Crippen molar-refractivity contribution < 1.29 is 4.79 Å². The van der Waals surface area contributed by atoms with Gasteiger partial charge in [0.15, 0.2) is 0 Å². The Morgan fingerprint density at radius 2 is 2.00 bits per heavy atom. The van der Waals surface area contributed by atoms with E-state index in [0.717, 1.165) is 30.0 Å². The van der Waals surface area contributed by atoms with E-state index in [-0.39, 0.29) is 11.8 Å². The van der Waals surface area contributed by atoms with Crippen LogP contribution in [-0.4, -0.2) is 17.4 Å². The molecule has 1 N–H and O–H groups in total. The summed E-state index contributed by atoms with van der Waals surface area (Å²) in [5, 5.41) is 3.07. The van der Waals surface area contributed by atoms with E-state index in [1.54, 1.807) is 0 Å². The standard InChI is InChI=1S/C14H19NOS/c1-10-4-3-5-13(11(10)2)15-14(16)12-6-8-17-9-7-12/h3-5,12H,6-9H2,1-2H3,(H,15,16). The number of benzene rings is 1. The number of amides is 1. The Balaban J connectivity index is 2.04. The maximum atomic E-state index is 12.1. The van der Waals surface area contributed by atoms with Gasteiger partial charge in [0.25, 0.3) is 0 Å². The zero-order valence-corrected chi connectivity index (χ0v) is 11.3. The van der Waals surface area contributed by atoms with E-state index in [1.165, 1.54) is 11.1 Å². The molecule has 3 heteroatoms. The van der Waals surface area contributed by atoms with E-state index >= 15 is 0 Å². The van der Waals surface area contributed by atoms with Crippen LogP contribution in [0, 0.1) is 19.8 Å². The van der Waals surface area contributed by atoms with Crippen molar-refractivity contribution in [2.45, 2.75) is 26.7 Å². The summed E-state index contributed by atoms with van der Waals surface area (Å²) in [7, 11) is 0. The highest BCUT2D eigenvalue weighted by atomic mass is 32.2. The van der Waals surface area contributed by atoms with Gasteiger partial charge in [-0.25, -0.2) is 0 Å². The van der Waals surface area contributed by atoms with Crippen LogP contribution in [0.1, 0.15) is 24.0 Å². The van der Waals surface area contributed by atoms with Gasteiger partial charge in [0.2, 0.25) is 5.91 Å². The zero-order chi connectivity index (χ0) is 12.3. The van der Waals surface area contributed by atoms with Crippen LogP contribution < -0.4 is 5.32 Å². The summed E-state index contributed by atoms with van der Waals surface area (Å²) in [6.45, 7) is 4.13. The van der Waals surface area contributed by atoms with E-state index in [2.05, 4.69) is 25.2 Å². The van der Waals surface area contributed by atoms with E-state index < -0.39 is 0 Å². The Labute approximate surface area is 107 Å². The third kappa shape index (κ3) is 3.03. The van der Waals surface area contributed by atoms with Crippen molar-refractivity contribution in [1.29, 1.82) is 0 Å². The number of nitrogens with one attached hydrogen (secondary N) is 1. The van der Waals surface area contributed by atoms with Crippen LogP contribution in [0.3, 0.4) is 0 Å². The first-order valence-corrected chi connectivity index (χ1v) is 7.29. The van der Waals surface area contributed by atoms with Crippen LogP contribution in [0.15, 0.2) is 18.2 Å². The summed E-state index contributed by atoms with van der Waals surface area (Å²) in [5.41, 5.74) is 3.36. The normalized spacial score (nSPS) is 16.8. The average molecular weight is 249 g/mol. The molecule has 2 rings (SSSR count). The van der Waals surface area contributed by atoms with Gasteiger partial charge in [-0.05, 0) is 55.4 Å². The number of thioether (sulfide) groups is 1. The molecule has 2 nitrogen and oxygen atoms in total. The van der Waals surface area contributed by atoms with Gasteiger partial charge in [0, 0.05) is 11.6 Å². The van der Waals surface area contributed by atoms with Crippen LogP contribution in [0.5, 0.6) is 0 Å². The molecule has 1 heterocycles. The highest BCUT2D eigenvalue weighted by Crippen LogP contribution is 2.25. The molecule has 1 saturated heterocycles. The van der Waals surface area contributed by atoms with Gasteiger partial charge in [-0.15, -0.1) is 0 Å². The van der Waals surface area contributed by atoms with Gasteiger partial charge in [-0.3, -0.25) is 4.79 Å². The van der Waals surface area contributed by atoms with Crippen LogP contribution in [0.2, 0.25) is 0 Å². The maximum Gasteiger partial charge on any atom is 0.227 e. The summed E-state index contributed by atoms with van der Waals surface area (Å²) < 4.78 is 0. The van der Waals surface area contributed by atoms with E-state index in [9.17, 15) is 4.79 Å². The fourth-order valence-electron chi connectivity index (χ4n) is 2.08. The number of carbonyl (C=O) groups is 1. The Hall–Kier alpha value is -0.960. The molecule has 0 bridgehead atoms. The second-order valence-corrected chi connectivity index (χ2v) is 5.85. The Morgan fingerprint density at radius 3 is 2.71 bits per heavy atom. The highest BCUT2D eigenvalue weighted by Gasteiger charge is 2.21. The van der Waals surface area contributed by atoms with E-state index in [0.29, 0.717) is 0 Å². The van der Waals surface area contributed by atoms with E-state index in [4.69, 9.17) is 0 Å². The first kappa shape index (κ1) is 12.5. The summed E-state index contributed by atoms with van der Waals surface area (Å²) in [5.74, 6) is 2.63. The second-order valence-electron chi connectivity index (χ2n) is 4.62. The first-order valence-electron chi connectivity index (χ1n) is 6.13. The molecule has 0 saturated carbocycles.